The van der Waals surface area contributed by atoms with Gasteiger partial charge < -0.3 is 15.0 Å². The fourth-order valence-corrected chi connectivity index (χ4v) is 4.39. The fraction of sp³-hybridized carbons (Fsp3) is 0.111. The molecule has 0 spiro atoms. The van der Waals surface area contributed by atoms with E-state index in [1.54, 1.807) is 12.1 Å². The number of ether oxygens (including phenoxy) is 1. The second-order valence-corrected chi connectivity index (χ2v) is 8.88. The van der Waals surface area contributed by atoms with E-state index in [4.69, 9.17) is 27.9 Å². The van der Waals surface area contributed by atoms with Gasteiger partial charge in [0.1, 0.15) is 18.2 Å². The van der Waals surface area contributed by atoms with Crippen molar-refractivity contribution in [2.24, 2.45) is 0 Å². The van der Waals surface area contributed by atoms with Crippen molar-refractivity contribution in [3.8, 4) is 11.8 Å². The van der Waals surface area contributed by atoms with E-state index in [0.717, 1.165) is 16.5 Å². The van der Waals surface area contributed by atoms with Gasteiger partial charge >= 0.3 is 0 Å². The van der Waals surface area contributed by atoms with Crippen molar-refractivity contribution in [1.29, 1.82) is 5.26 Å². The summed E-state index contributed by atoms with van der Waals surface area (Å²) in [6.07, 6.45) is 3.90. The fourth-order valence-electron chi connectivity index (χ4n) is 3.78. The Balaban J connectivity index is 1.41. The third-order valence-electron chi connectivity index (χ3n) is 5.56. The summed E-state index contributed by atoms with van der Waals surface area (Å²) in [5.41, 5.74) is 2.95. The van der Waals surface area contributed by atoms with Crippen LogP contribution in [0.2, 0.25) is 10.0 Å². The maximum atomic E-state index is 12.6. The number of fused-ring (bicyclic) bond motifs is 1. The minimum atomic E-state index is -0.513. The number of nitro groups is 1. The predicted molar refractivity (Wildman–Crippen MR) is 142 cm³/mol. The van der Waals surface area contributed by atoms with Crippen LogP contribution in [-0.4, -0.2) is 22.4 Å². The highest BCUT2D eigenvalue weighted by atomic mass is 35.5. The van der Waals surface area contributed by atoms with Gasteiger partial charge in [0.25, 0.3) is 11.6 Å². The summed E-state index contributed by atoms with van der Waals surface area (Å²) >= 11 is 12.7. The van der Waals surface area contributed by atoms with Crippen LogP contribution in [0.15, 0.2) is 72.4 Å². The average Bonchev–Trinajstić information content (AvgIpc) is 3.30. The predicted octanol–water partition coefficient (Wildman–Crippen LogP) is 6.23. The van der Waals surface area contributed by atoms with Crippen molar-refractivity contribution in [2.75, 3.05) is 6.54 Å². The third-order valence-corrected chi connectivity index (χ3v) is 6.12. The molecule has 37 heavy (non-hydrogen) atoms. The van der Waals surface area contributed by atoms with Crippen molar-refractivity contribution in [1.82, 2.24) is 10.3 Å². The number of hydrogen-bond acceptors (Lipinski definition) is 5. The van der Waals surface area contributed by atoms with E-state index in [-0.39, 0.29) is 33.7 Å². The Labute approximate surface area is 222 Å². The Hall–Kier alpha value is -4.32. The second kappa shape index (κ2) is 11.6. The molecule has 0 saturated carbocycles. The van der Waals surface area contributed by atoms with Crippen molar-refractivity contribution in [3.63, 3.8) is 0 Å². The Morgan fingerprint density at radius 1 is 1.14 bits per heavy atom. The van der Waals surface area contributed by atoms with Gasteiger partial charge in [-0.1, -0.05) is 53.5 Å². The van der Waals surface area contributed by atoms with E-state index >= 15 is 0 Å². The lowest BCUT2D eigenvalue weighted by atomic mass is 10.1. The number of nitro benzene ring substituents is 1. The highest BCUT2D eigenvalue weighted by Crippen LogP contribution is 2.35. The maximum Gasteiger partial charge on any atom is 0.269 e. The van der Waals surface area contributed by atoms with Gasteiger partial charge in [0.05, 0.1) is 15.0 Å². The number of nitrogens with zero attached hydrogens (tertiary/aromatic N) is 2. The molecule has 1 aromatic heterocycles. The molecule has 10 heteroatoms. The van der Waals surface area contributed by atoms with Gasteiger partial charge in [-0.05, 0) is 47.4 Å². The lowest BCUT2D eigenvalue weighted by Crippen LogP contribution is -2.26. The van der Waals surface area contributed by atoms with Gasteiger partial charge in [-0.25, -0.2) is 0 Å². The highest BCUT2D eigenvalue weighted by molar-refractivity contribution is 6.37. The van der Waals surface area contributed by atoms with Gasteiger partial charge in [0.2, 0.25) is 0 Å². The summed E-state index contributed by atoms with van der Waals surface area (Å²) in [6, 6.07) is 18.9. The number of nitriles is 1. The summed E-state index contributed by atoms with van der Waals surface area (Å²) in [5.74, 6) is -0.325. The number of non-ortho nitro benzene ring substituents is 1. The SMILES string of the molecule is N#C/C(=C/c1cc(Cl)c(OCc2cccc([N+](=O)[O-])c2)c(Cl)c1)C(=O)NCCc1c[nH]c2ccccc12. The number of nitrogens with one attached hydrogen (secondary N) is 2. The van der Waals surface area contributed by atoms with E-state index in [0.29, 0.717) is 24.1 Å². The molecule has 0 radical (unpaired) electrons. The molecular formula is C27H20Cl2N4O4. The Morgan fingerprint density at radius 2 is 1.89 bits per heavy atom. The van der Waals surface area contributed by atoms with Crippen LogP contribution in [0.1, 0.15) is 16.7 Å². The number of para-hydroxylation sites is 1. The van der Waals surface area contributed by atoms with Crippen LogP contribution >= 0.6 is 23.2 Å². The molecule has 0 aliphatic carbocycles. The van der Waals surface area contributed by atoms with Gasteiger partial charge in [-0.3, -0.25) is 14.9 Å². The quantitative estimate of drug-likeness (QED) is 0.114. The number of hydrogen-bond donors (Lipinski definition) is 2. The molecule has 3 aromatic carbocycles. The molecule has 1 heterocycles. The first kappa shape index (κ1) is 25.8. The monoisotopic (exact) mass is 534 g/mol. The normalized spacial score (nSPS) is 11.2. The van der Waals surface area contributed by atoms with Gasteiger partial charge in [0.15, 0.2) is 5.75 Å². The van der Waals surface area contributed by atoms with E-state index in [1.165, 1.54) is 30.3 Å². The maximum absolute atomic E-state index is 12.6. The molecule has 0 unspecified atom stereocenters. The summed E-state index contributed by atoms with van der Waals surface area (Å²) in [6.45, 7) is 0.365. The first-order chi connectivity index (χ1) is 17.9. The number of aromatic amines is 1. The topological polar surface area (TPSA) is 121 Å². The summed E-state index contributed by atoms with van der Waals surface area (Å²) in [5, 5.41) is 24.7. The standard InChI is InChI=1S/C27H20Cl2N4O4/c28-23-12-18(13-24(29)26(23)37-16-17-4-3-5-21(11-17)33(35)36)10-20(14-30)27(34)31-9-8-19-15-32-25-7-2-1-6-22(19)25/h1-7,10-13,15,32H,8-9,16H2,(H,31,34)/b20-10-. The van der Waals surface area contributed by atoms with Crippen LogP contribution in [0.25, 0.3) is 17.0 Å². The van der Waals surface area contributed by atoms with Crippen molar-refractivity contribution in [2.45, 2.75) is 13.0 Å². The van der Waals surface area contributed by atoms with Crippen molar-refractivity contribution in [3.05, 3.63) is 109 Å². The minimum absolute atomic E-state index is 0.0125. The van der Waals surface area contributed by atoms with Crippen LogP contribution < -0.4 is 10.1 Å². The third kappa shape index (κ3) is 6.28. The Bertz CT molecular complexity index is 1530. The number of H-pyrrole nitrogens is 1. The number of halogens is 2. The van der Waals surface area contributed by atoms with E-state index in [2.05, 4.69) is 10.3 Å². The lowest BCUT2D eigenvalue weighted by molar-refractivity contribution is -0.384. The highest BCUT2D eigenvalue weighted by Gasteiger charge is 2.14. The molecule has 0 fully saturated rings. The van der Waals surface area contributed by atoms with E-state index in [1.807, 2.05) is 36.5 Å². The number of amides is 1. The van der Waals surface area contributed by atoms with Crippen LogP contribution in [-0.2, 0) is 17.8 Å². The molecule has 8 nitrogen and oxygen atoms in total. The molecule has 0 aliphatic rings. The van der Waals surface area contributed by atoms with E-state index in [9.17, 15) is 20.2 Å². The van der Waals surface area contributed by atoms with Crippen LogP contribution in [0.5, 0.6) is 5.75 Å². The van der Waals surface area contributed by atoms with Gasteiger partial charge in [-0.2, -0.15) is 5.26 Å². The average molecular weight is 535 g/mol. The molecule has 4 rings (SSSR count). The number of carbonyl (C=O) groups excluding carboxylic acids is 1. The molecule has 1 amide bonds. The first-order valence-electron chi connectivity index (χ1n) is 11.2. The largest absolute Gasteiger partial charge is 0.486 e. The summed E-state index contributed by atoms with van der Waals surface area (Å²) in [7, 11) is 0. The summed E-state index contributed by atoms with van der Waals surface area (Å²) in [4.78, 5) is 26.3. The lowest BCUT2D eigenvalue weighted by Gasteiger charge is -2.11. The van der Waals surface area contributed by atoms with Crippen molar-refractivity contribution >= 4 is 51.8 Å². The molecule has 186 valence electrons. The zero-order valence-corrected chi connectivity index (χ0v) is 20.8. The number of benzene rings is 3. The zero-order chi connectivity index (χ0) is 26.4. The zero-order valence-electron chi connectivity index (χ0n) is 19.3. The number of aromatic nitrogens is 1. The van der Waals surface area contributed by atoms with Crippen LogP contribution in [0, 0.1) is 21.4 Å². The molecule has 0 aliphatic heterocycles. The Morgan fingerprint density at radius 3 is 2.62 bits per heavy atom. The first-order valence-corrected chi connectivity index (χ1v) is 11.9. The van der Waals surface area contributed by atoms with Gasteiger partial charge in [0, 0.05) is 35.8 Å². The number of rotatable bonds is 9. The van der Waals surface area contributed by atoms with Gasteiger partial charge in [-0.15, -0.1) is 0 Å². The molecule has 2 N–H and O–H groups in total. The number of carbonyl (C=O) groups is 1. The minimum Gasteiger partial charge on any atom is -0.486 e. The summed E-state index contributed by atoms with van der Waals surface area (Å²) < 4.78 is 5.69. The molecular weight excluding hydrogens is 515 g/mol. The molecule has 0 atom stereocenters. The molecule has 0 saturated heterocycles. The van der Waals surface area contributed by atoms with E-state index < -0.39 is 10.8 Å². The van der Waals surface area contributed by atoms with Crippen LogP contribution in [0.4, 0.5) is 5.69 Å². The van der Waals surface area contributed by atoms with Crippen LogP contribution in [0.3, 0.4) is 0 Å². The molecule has 4 aromatic rings. The second-order valence-electron chi connectivity index (χ2n) is 8.06. The smallest absolute Gasteiger partial charge is 0.269 e. The molecule has 0 bridgehead atoms. The van der Waals surface area contributed by atoms with Crippen molar-refractivity contribution < 1.29 is 14.5 Å². The Kier molecular flexibility index (Phi) is 8.08.